The summed E-state index contributed by atoms with van der Waals surface area (Å²) < 4.78 is 43.4. The van der Waals surface area contributed by atoms with E-state index in [2.05, 4.69) is 10.6 Å². The van der Waals surface area contributed by atoms with Crippen LogP contribution in [-0.2, 0) is 27.0 Å². The van der Waals surface area contributed by atoms with E-state index in [0.29, 0.717) is 27.9 Å². The number of para-hydroxylation sites is 2. The lowest BCUT2D eigenvalue weighted by molar-refractivity contribution is -0.123. The van der Waals surface area contributed by atoms with Crippen molar-refractivity contribution in [3.05, 3.63) is 125 Å². The number of benzene rings is 4. The predicted molar refractivity (Wildman–Crippen MR) is 152 cm³/mol. The Morgan fingerprint density at radius 2 is 1.59 bits per heavy atom. The number of nitrogens with zero attached hydrogens (tertiary/aromatic N) is 2. The van der Waals surface area contributed by atoms with Crippen molar-refractivity contribution in [3.63, 3.8) is 0 Å². The predicted octanol–water partition coefficient (Wildman–Crippen LogP) is 4.88. The lowest BCUT2D eigenvalue weighted by Gasteiger charge is -2.36. The maximum Gasteiger partial charge on any atom is 0.278 e. The highest BCUT2D eigenvalue weighted by Gasteiger charge is 2.54. The van der Waals surface area contributed by atoms with Crippen molar-refractivity contribution in [1.29, 1.82) is 0 Å². The Morgan fingerprint density at radius 3 is 2.39 bits per heavy atom. The molecular weight excluding hydrogens is 543 g/mol. The van der Waals surface area contributed by atoms with Gasteiger partial charge in [0.1, 0.15) is 5.82 Å². The fraction of sp³-hybridized carbons (Fsp3) is 0.0968. The maximum atomic E-state index is 14.3. The molecule has 5 aromatic rings. The van der Waals surface area contributed by atoms with Crippen LogP contribution in [-0.4, -0.2) is 24.2 Å². The van der Waals surface area contributed by atoms with Gasteiger partial charge in [-0.15, -0.1) is 0 Å². The van der Waals surface area contributed by atoms with Gasteiger partial charge in [-0.2, -0.15) is 0 Å². The first-order valence-corrected chi connectivity index (χ1v) is 14.4. The van der Waals surface area contributed by atoms with Gasteiger partial charge in [-0.25, -0.2) is 16.8 Å². The van der Waals surface area contributed by atoms with Crippen molar-refractivity contribution in [2.45, 2.75) is 24.0 Å². The van der Waals surface area contributed by atoms with Crippen LogP contribution in [0.2, 0.25) is 0 Å². The molecule has 0 fully saturated rings. The molecule has 2 N–H and O–H groups in total. The van der Waals surface area contributed by atoms with Crippen LogP contribution < -0.4 is 15.5 Å². The third kappa shape index (κ3) is 3.67. The summed E-state index contributed by atoms with van der Waals surface area (Å²) in [6.07, 6.45) is 0. The normalized spacial score (nSPS) is 17.9. The van der Waals surface area contributed by atoms with Crippen LogP contribution >= 0.6 is 0 Å². The molecule has 4 aromatic carbocycles. The highest BCUT2D eigenvalue weighted by atomic mass is 32.2. The van der Waals surface area contributed by atoms with Crippen LogP contribution in [0, 0.1) is 12.7 Å². The zero-order valence-corrected chi connectivity index (χ0v) is 22.6. The number of aromatic nitrogens is 1. The number of hydrogen-bond donors (Lipinski definition) is 2. The molecule has 1 spiro atoms. The van der Waals surface area contributed by atoms with Crippen LogP contribution in [0.25, 0.3) is 10.9 Å². The molecule has 0 saturated heterocycles. The lowest BCUT2D eigenvalue weighted by Crippen LogP contribution is -2.60. The summed E-state index contributed by atoms with van der Waals surface area (Å²) in [6, 6.07) is 25.9. The van der Waals surface area contributed by atoms with E-state index < -0.39 is 33.3 Å². The summed E-state index contributed by atoms with van der Waals surface area (Å²) in [5.74, 6) is -1.39. The molecule has 0 saturated carbocycles. The fourth-order valence-electron chi connectivity index (χ4n) is 5.70. The summed E-state index contributed by atoms with van der Waals surface area (Å²) in [5, 5.41) is 6.48. The lowest BCUT2D eigenvalue weighted by atomic mass is 9.96. The quantitative estimate of drug-likeness (QED) is 0.323. The molecule has 3 heterocycles. The molecule has 2 aliphatic rings. The Kier molecular flexibility index (Phi) is 5.36. The highest BCUT2D eigenvalue weighted by molar-refractivity contribution is 7.90. The number of nitrogens with one attached hydrogen (secondary N) is 2. The molecule has 1 unspecified atom stereocenters. The Morgan fingerprint density at radius 1 is 0.854 bits per heavy atom. The van der Waals surface area contributed by atoms with E-state index in [1.165, 1.54) is 35.2 Å². The summed E-state index contributed by atoms with van der Waals surface area (Å²) in [7, 11) is -4.13. The Bertz CT molecular complexity index is 2020. The number of carbonyl (C=O) groups is 2. The standard InChI is InChI=1S/C31H23FN4O4S/c1-19-10-13-23(14-11-19)41(39,40)36-22(17-20-16-21(32)12-15-27(20)36)18-35-28-9-5-3-7-25(28)31(30(35)38)33-26-8-4-2-6-24(26)29(37)34-31/h2-17,33H,18H2,1H3,(H,34,37). The van der Waals surface area contributed by atoms with Crippen LogP contribution in [0.3, 0.4) is 0 Å². The van der Waals surface area contributed by atoms with Crippen molar-refractivity contribution in [3.8, 4) is 0 Å². The van der Waals surface area contributed by atoms with Crippen molar-refractivity contribution < 1.29 is 22.4 Å². The van der Waals surface area contributed by atoms with Gasteiger partial charge in [0, 0.05) is 16.6 Å². The molecule has 10 heteroatoms. The molecule has 2 aliphatic heterocycles. The second-order valence-corrected chi connectivity index (χ2v) is 12.0. The number of carbonyl (C=O) groups excluding carboxylic acids is 2. The van der Waals surface area contributed by atoms with Gasteiger partial charge in [-0.1, -0.05) is 48.0 Å². The summed E-state index contributed by atoms with van der Waals surface area (Å²) >= 11 is 0. The number of aryl methyl sites for hydroxylation is 1. The van der Waals surface area contributed by atoms with Gasteiger partial charge >= 0.3 is 0 Å². The van der Waals surface area contributed by atoms with E-state index in [9.17, 15) is 22.4 Å². The molecule has 7 rings (SSSR count). The van der Waals surface area contributed by atoms with Crippen LogP contribution in [0.4, 0.5) is 15.8 Å². The van der Waals surface area contributed by atoms with E-state index in [-0.39, 0.29) is 22.7 Å². The van der Waals surface area contributed by atoms with E-state index in [4.69, 9.17) is 0 Å². The SMILES string of the molecule is Cc1ccc(S(=O)(=O)n2c(CN3C(=O)C4(NC(=O)c5ccccc5N4)c4ccccc43)cc3cc(F)ccc32)cc1. The molecular formula is C31H23FN4O4S. The van der Waals surface area contributed by atoms with Crippen molar-refractivity contribution in [1.82, 2.24) is 9.29 Å². The molecule has 41 heavy (non-hydrogen) atoms. The number of rotatable bonds is 4. The zero-order chi connectivity index (χ0) is 28.5. The number of anilines is 2. The smallest absolute Gasteiger partial charge is 0.278 e. The maximum absolute atomic E-state index is 14.3. The minimum atomic E-state index is -4.13. The first kappa shape index (κ1) is 25.0. The summed E-state index contributed by atoms with van der Waals surface area (Å²) in [4.78, 5) is 28.9. The van der Waals surface area contributed by atoms with Crippen LogP contribution in [0.1, 0.15) is 27.2 Å². The average Bonchev–Trinajstić information content (AvgIpc) is 3.42. The number of fused-ring (bicyclic) bond motifs is 4. The van der Waals surface area contributed by atoms with Gasteiger partial charge < -0.3 is 15.5 Å². The Hall–Kier alpha value is -4.96. The Labute approximate surface area is 235 Å². The molecule has 0 aliphatic carbocycles. The topological polar surface area (TPSA) is 101 Å². The van der Waals surface area contributed by atoms with Gasteiger partial charge in [0.25, 0.3) is 21.8 Å². The number of amides is 2. The molecule has 1 aromatic heterocycles. The third-order valence-electron chi connectivity index (χ3n) is 7.63. The van der Waals surface area contributed by atoms with Gasteiger partial charge in [0.2, 0.25) is 5.66 Å². The fourth-order valence-corrected chi connectivity index (χ4v) is 7.24. The highest BCUT2D eigenvalue weighted by Crippen LogP contribution is 2.44. The van der Waals surface area contributed by atoms with Crippen LogP contribution in [0.5, 0.6) is 0 Å². The van der Waals surface area contributed by atoms with Gasteiger partial charge in [0.05, 0.1) is 33.9 Å². The van der Waals surface area contributed by atoms with Gasteiger partial charge in [-0.3, -0.25) is 9.59 Å². The average molecular weight is 567 g/mol. The largest absolute Gasteiger partial charge is 0.350 e. The van der Waals surface area contributed by atoms with Gasteiger partial charge in [0.15, 0.2) is 0 Å². The number of hydrogen-bond acceptors (Lipinski definition) is 5. The summed E-state index contributed by atoms with van der Waals surface area (Å²) in [5.41, 5.74) is 1.82. The second-order valence-electron chi connectivity index (χ2n) is 10.2. The second kappa shape index (κ2) is 8.77. The minimum Gasteiger partial charge on any atom is -0.350 e. The molecule has 0 radical (unpaired) electrons. The summed E-state index contributed by atoms with van der Waals surface area (Å²) in [6.45, 7) is 1.70. The molecule has 1 atom stereocenters. The number of halogens is 1. The van der Waals surface area contributed by atoms with Crippen LogP contribution in [0.15, 0.2) is 102 Å². The molecule has 2 amide bonds. The molecule has 0 bridgehead atoms. The Balaban J connectivity index is 1.38. The molecule has 8 nitrogen and oxygen atoms in total. The van der Waals surface area contributed by atoms with Crippen molar-refractivity contribution in [2.75, 3.05) is 10.2 Å². The van der Waals surface area contributed by atoms with E-state index in [1.54, 1.807) is 66.7 Å². The first-order chi connectivity index (χ1) is 19.7. The van der Waals surface area contributed by atoms with Crippen molar-refractivity contribution >= 4 is 44.1 Å². The first-order valence-electron chi connectivity index (χ1n) is 12.9. The van der Waals surface area contributed by atoms with Crippen molar-refractivity contribution in [2.24, 2.45) is 0 Å². The zero-order valence-electron chi connectivity index (χ0n) is 21.8. The van der Waals surface area contributed by atoms with E-state index in [0.717, 1.165) is 9.54 Å². The third-order valence-corrected chi connectivity index (χ3v) is 9.41. The monoisotopic (exact) mass is 566 g/mol. The van der Waals surface area contributed by atoms with E-state index >= 15 is 0 Å². The molecule has 204 valence electrons. The van der Waals surface area contributed by atoms with E-state index in [1.807, 2.05) is 6.92 Å². The van der Waals surface area contributed by atoms with Gasteiger partial charge in [-0.05, 0) is 61.5 Å². The minimum absolute atomic E-state index is 0.0635.